The van der Waals surface area contributed by atoms with Gasteiger partial charge in [-0.1, -0.05) is 30.3 Å². The van der Waals surface area contributed by atoms with Gasteiger partial charge in [-0.3, -0.25) is 4.79 Å². The van der Waals surface area contributed by atoms with Crippen molar-refractivity contribution in [2.75, 3.05) is 26.9 Å². The van der Waals surface area contributed by atoms with Crippen LogP contribution in [0.1, 0.15) is 42.3 Å². The summed E-state index contributed by atoms with van der Waals surface area (Å²) >= 11 is 0. The van der Waals surface area contributed by atoms with E-state index in [1.165, 1.54) is 5.56 Å². The van der Waals surface area contributed by atoms with E-state index in [9.17, 15) is 4.79 Å². The first kappa shape index (κ1) is 19.9. The average molecular weight is 396 g/mol. The van der Waals surface area contributed by atoms with Crippen molar-refractivity contribution in [1.29, 1.82) is 0 Å². The number of aromatic nitrogens is 1. The third kappa shape index (κ3) is 5.14. The molecule has 3 atom stereocenters. The zero-order chi connectivity index (χ0) is 20.1. The van der Waals surface area contributed by atoms with Gasteiger partial charge in [0.25, 0.3) is 0 Å². The molecule has 4 rings (SSSR count). The second-order valence-electron chi connectivity index (χ2n) is 7.74. The highest BCUT2D eigenvalue weighted by Crippen LogP contribution is 2.47. The average Bonchev–Trinajstić information content (AvgIpc) is 3.57. The van der Waals surface area contributed by atoms with Gasteiger partial charge in [0.2, 0.25) is 11.8 Å². The van der Waals surface area contributed by atoms with Crippen molar-refractivity contribution in [2.24, 2.45) is 5.92 Å². The van der Waals surface area contributed by atoms with E-state index in [1.54, 1.807) is 13.3 Å². The van der Waals surface area contributed by atoms with Crippen LogP contribution >= 0.6 is 0 Å². The number of nitrogens with one attached hydrogen (secondary N) is 1. The lowest BCUT2D eigenvalue weighted by Gasteiger charge is -2.23. The van der Waals surface area contributed by atoms with Crippen molar-refractivity contribution in [2.45, 2.75) is 37.3 Å². The maximum Gasteiger partial charge on any atom is 0.224 e. The molecule has 2 aromatic rings. The number of hydrogen-bond acceptors (Lipinski definition) is 5. The summed E-state index contributed by atoms with van der Waals surface area (Å²) in [4.78, 5) is 17.2. The molecule has 0 radical (unpaired) electrons. The lowest BCUT2D eigenvalue weighted by Crippen LogP contribution is -2.33. The van der Waals surface area contributed by atoms with Gasteiger partial charge in [0.15, 0.2) is 0 Å². The van der Waals surface area contributed by atoms with Crippen LogP contribution in [0.5, 0.6) is 5.88 Å². The zero-order valence-electron chi connectivity index (χ0n) is 16.8. The number of amides is 1. The first-order valence-electron chi connectivity index (χ1n) is 10.3. The fourth-order valence-electron chi connectivity index (χ4n) is 3.85. The van der Waals surface area contributed by atoms with Crippen molar-refractivity contribution in [3.63, 3.8) is 0 Å². The lowest BCUT2D eigenvalue weighted by molar-refractivity contribution is -0.123. The van der Waals surface area contributed by atoms with Crippen LogP contribution in [0.3, 0.4) is 0 Å². The Morgan fingerprint density at radius 3 is 2.69 bits per heavy atom. The van der Waals surface area contributed by atoms with E-state index >= 15 is 0 Å². The molecule has 6 nitrogen and oxygen atoms in total. The first-order chi connectivity index (χ1) is 14.2. The maximum absolute atomic E-state index is 12.8. The molecule has 154 valence electrons. The highest BCUT2D eigenvalue weighted by molar-refractivity contribution is 5.83. The van der Waals surface area contributed by atoms with Crippen LogP contribution in [-0.4, -0.2) is 43.9 Å². The van der Waals surface area contributed by atoms with Gasteiger partial charge in [0.1, 0.15) is 6.10 Å². The molecule has 1 amide bonds. The summed E-state index contributed by atoms with van der Waals surface area (Å²) in [5.41, 5.74) is 2.14. The standard InChI is InChI=1S/C23H28N2O4/c1-27-15-21(25-23(26)20-13-19(20)16-5-3-2-4-6-16)17-7-8-22(24-14-17)29-18-9-11-28-12-10-18/h2-8,14,18-21H,9-13,15H2,1H3,(H,25,26)/t19-,20+,21+/m1/s1. The molecule has 1 aromatic heterocycles. The molecule has 29 heavy (non-hydrogen) atoms. The molecule has 6 heteroatoms. The summed E-state index contributed by atoms with van der Waals surface area (Å²) in [6.07, 6.45) is 4.58. The van der Waals surface area contributed by atoms with E-state index in [1.807, 2.05) is 30.3 Å². The maximum atomic E-state index is 12.8. The molecule has 2 heterocycles. The van der Waals surface area contributed by atoms with E-state index in [0.717, 1.165) is 38.0 Å². The lowest BCUT2D eigenvalue weighted by atomic mass is 10.1. The quantitative estimate of drug-likeness (QED) is 0.742. The molecule has 1 N–H and O–H groups in total. The summed E-state index contributed by atoms with van der Waals surface area (Å²) in [7, 11) is 1.64. The zero-order valence-corrected chi connectivity index (χ0v) is 16.8. The van der Waals surface area contributed by atoms with Gasteiger partial charge < -0.3 is 19.5 Å². The number of benzene rings is 1. The van der Waals surface area contributed by atoms with Crippen molar-refractivity contribution in [3.8, 4) is 5.88 Å². The third-order valence-corrected chi connectivity index (χ3v) is 5.62. The van der Waals surface area contributed by atoms with Crippen LogP contribution in [0, 0.1) is 5.92 Å². The summed E-state index contributed by atoms with van der Waals surface area (Å²) in [5, 5.41) is 3.14. The summed E-state index contributed by atoms with van der Waals surface area (Å²) in [6.45, 7) is 1.86. The summed E-state index contributed by atoms with van der Waals surface area (Å²) in [6, 6.07) is 13.8. The highest BCUT2D eigenvalue weighted by Gasteiger charge is 2.44. The SMILES string of the molecule is COC[C@H](NC(=O)[C@H]1C[C@@H]1c1ccccc1)c1ccc(OC2CCOCC2)nc1. The van der Waals surface area contributed by atoms with Crippen LogP contribution in [0.4, 0.5) is 0 Å². The van der Waals surface area contributed by atoms with Gasteiger partial charge in [-0.15, -0.1) is 0 Å². The van der Waals surface area contributed by atoms with Crippen LogP contribution in [0.2, 0.25) is 0 Å². The molecule has 1 aliphatic carbocycles. The fourth-order valence-corrected chi connectivity index (χ4v) is 3.85. The molecular weight excluding hydrogens is 368 g/mol. The molecule has 1 saturated heterocycles. The number of pyridine rings is 1. The van der Waals surface area contributed by atoms with Gasteiger partial charge in [0, 0.05) is 38.1 Å². The van der Waals surface area contributed by atoms with Gasteiger partial charge in [0.05, 0.1) is 25.9 Å². The Labute approximate surface area is 171 Å². The molecular formula is C23H28N2O4. The Balaban J connectivity index is 1.35. The van der Waals surface area contributed by atoms with Gasteiger partial charge in [-0.05, 0) is 29.5 Å². The van der Waals surface area contributed by atoms with Crippen molar-refractivity contribution < 1.29 is 19.0 Å². The molecule has 0 unspecified atom stereocenters. The molecule has 1 saturated carbocycles. The van der Waals surface area contributed by atoms with Crippen LogP contribution in [-0.2, 0) is 14.3 Å². The summed E-state index contributed by atoms with van der Waals surface area (Å²) in [5.74, 6) is 1.02. The smallest absolute Gasteiger partial charge is 0.224 e. The van der Waals surface area contributed by atoms with E-state index in [4.69, 9.17) is 14.2 Å². The first-order valence-corrected chi connectivity index (χ1v) is 10.3. The van der Waals surface area contributed by atoms with Crippen molar-refractivity contribution in [3.05, 3.63) is 59.8 Å². The molecule has 0 bridgehead atoms. The van der Waals surface area contributed by atoms with Crippen LogP contribution in [0.15, 0.2) is 48.7 Å². The van der Waals surface area contributed by atoms with Crippen molar-refractivity contribution in [1.82, 2.24) is 10.3 Å². The van der Waals surface area contributed by atoms with Gasteiger partial charge in [-0.25, -0.2) is 4.98 Å². The monoisotopic (exact) mass is 396 g/mol. The van der Waals surface area contributed by atoms with Crippen molar-refractivity contribution >= 4 is 5.91 Å². The minimum Gasteiger partial charge on any atom is -0.474 e. The third-order valence-electron chi connectivity index (χ3n) is 5.62. The molecule has 0 spiro atoms. The fraction of sp³-hybridized carbons (Fsp3) is 0.478. The van der Waals surface area contributed by atoms with E-state index in [2.05, 4.69) is 22.4 Å². The molecule has 2 aliphatic rings. The normalized spacial score (nSPS) is 22.7. The predicted octanol–water partition coefficient (Wildman–Crippen LogP) is 3.25. The Hall–Kier alpha value is -2.44. The number of nitrogens with zero attached hydrogens (tertiary/aromatic N) is 1. The molecule has 2 fully saturated rings. The number of rotatable bonds is 8. The minimum absolute atomic E-state index is 0.0286. The summed E-state index contributed by atoms with van der Waals surface area (Å²) < 4.78 is 16.6. The topological polar surface area (TPSA) is 69.7 Å². The molecule has 1 aliphatic heterocycles. The second-order valence-corrected chi connectivity index (χ2v) is 7.74. The number of carbonyl (C=O) groups excluding carboxylic acids is 1. The Bertz CT molecular complexity index is 790. The molecule has 1 aromatic carbocycles. The minimum atomic E-state index is -0.228. The van der Waals surface area contributed by atoms with Gasteiger partial charge >= 0.3 is 0 Å². The predicted molar refractivity (Wildman–Crippen MR) is 109 cm³/mol. The Kier molecular flexibility index (Phi) is 6.42. The Morgan fingerprint density at radius 2 is 2.00 bits per heavy atom. The number of hydrogen-bond donors (Lipinski definition) is 1. The van der Waals surface area contributed by atoms with E-state index in [0.29, 0.717) is 18.4 Å². The Morgan fingerprint density at radius 1 is 1.21 bits per heavy atom. The number of methoxy groups -OCH3 is 1. The number of ether oxygens (including phenoxy) is 3. The van der Waals surface area contributed by atoms with Gasteiger partial charge in [-0.2, -0.15) is 0 Å². The second kappa shape index (κ2) is 9.37. The van der Waals surface area contributed by atoms with Crippen LogP contribution in [0.25, 0.3) is 0 Å². The largest absolute Gasteiger partial charge is 0.474 e. The van der Waals surface area contributed by atoms with E-state index < -0.39 is 0 Å². The number of carbonyl (C=O) groups is 1. The van der Waals surface area contributed by atoms with Crippen LogP contribution < -0.4 is 10.1 Å². The van der Waals surface area contributed by atoms with E-state index in [-0.39, 0.29) is 24.0 Å². The highest BCUT2D eigenvalue weighted by atomic mass is 16.5.